The molecule has 0 radical (unpaired) electrons. The Labute approximate surface area is 100.0 Å². The average molecular weight is 271 g/mol. The lowest BCUT2D eigenvalue weighted by Crippen LogP contribution is -2.24. The van der Waals surface area contributed by atoms with Gasteiger partial charge in [-0.3, -0.25) is 13.6 Å². The predicted octanol–water partition coefficient (Wildman–Crippen LogP) is 2.33. The fraction of sp³-hybridized carbons (Fsp3) is 1.00. The Kier molecular flexibility index (Phi) is 4.65. The number of ether oxygens (including phenoxy) is 1. The Bertz CT molecular complexity index is 269. The van der Waals surface area contributed by atoms with Crippen LogP contribution in [0.15, 0.2) is 0 Å². The van der Waals surface area contributed by atoms with E-state index in [9.17, 15) is 4.57 Å². The summed E-state index contributed by atoms with van der Waals surface area (Å²) >= 11 is 5.65. The monoisotopic (exact) mass is 270 g/mol. The molecule has 2 heterocycles. The molecule has 0 N–H and O–H groups in total. The summed E-state index contributed by atoms with van der Waals surface area (Å²) in [6, 6.07) is 0. The van der Waals surface area contributed by atoms with Gasteiger partial charge in [-0.2, -0.15) is 0 Å². The van der Waals surface area contributed by atoms with Crippen molar-refractivity contribution in [3.05, 3.63) is 0 Å². The fourth-order valence-corrected chi connectivity index (χ4v) is 3.41. The van der Waals surface area contributed by atoms with Crippen LogP contribution in [0.5, 0.6) is 0 Å². The summed E-state index contributed by atoms with van der Waals surface area (Å²) in [5, 5.41) is 0. The Morgan fingerprint density at radius 2 is 2.19 bits per heavy atom. The van der Waals surface area contributed by atoms with Crippen LogP contribution in [-0.4, -0.2) is 37.9 Å². The van der Waals surface area contributed by atoms with Gasteiger partial charge in [0, 0.05) is 12.5 Å². The van der Waals surface area contributed by atoms with Crippen LogP contribution in [0, 0.1) is 0 Å². The summed E-state index contributed by atoms with van der Waals surface area (Å²) in [5.74, 6) is 0.302. The smallest absolute Gasteiger partial charge is 0.376 e. The maximum absolute atomic E-state index is 12.0. The zero-order valence-corrected chi connectivity index (χ0v) is 10.6. The van der Waals surface area contributed by atoms with Crippen molar-refractivity contribution in [2.45, 2.75) is 31.5 Å². The number of hydrogen-bond donors (Lipinski definition) is 0. The zero-order valence-electron chi connectivity index (χ0n) is 8.97. The molecule has 7 heteroatoms. The summed E-state index contributed by atoms with van der Waals surface area (Å²) < 4.78 is 32.8. The van der Waals surface area contributed by atoms with Gasteiger partial charge in [0.1, 0.15) is 0 Å². The van der Waals surface area contributed by atoms with Gasteiger partial charge in [0.05, 0.1) is 25.4 Å². The van der Waals surface area contributed by atoms with Crippen LogP contribution in [0.2, 0.25) is 0 Å². The number of halogens is 1. The summed E-state index contributed by atoms with van der Waals surface area (Å²) in [6.07, 6.45) is 2.36. The highest BCUT2D eigenvalue weighted by atomic mass is 35.5. The van der Waals surface area contributed by atoms with E-state index in [1.807, 2.05) is 0 Å². The molecule has 0 bridgehead atoms. The van der Waals surface area contributed by atoms with Gasteiger partial charge in [-0.15, -0.1) is 11.6 Å². The molecule has 0 saturated carbocycles. The normalized spacial score (nSPS) is 40.1. The molecule has 2 saturated heterocycles. The van der Waals surface area contributed by atoms with Crippen LogP contribution < -0.4 is 0 Å². The van der Waals surface area contributed by atoms with Gasteiger partial charge >= 0.3 is 7.82 Å². The predicted molar refractivity (Wildman–Crippen MR) is 58.7 cm³/mol. The van der Waals surface area contributed by atoms with Gasteiger partial charge in [-0.1, -0.05) is 0 Å². The first kappa shape index (κ1) is 12.8. The van der Waals surface area contributed by atoms with E-state index in [0.29, 0.717) is 18.9 Å². The van der Waals surface area contributed by atoms with Crippen molar-refractivity contribution < 1.29 is 22.9 Å². The average Bonchev–Trinajstić information content (AvgIpc) is 2.79. The molecule has 2 aliphatic heterocycles. The molecule has 2 rings (SSSR count). The van der Waals surface area contributed by atoms with E-state index in [1.165, 1.54) is 0 Å². The summed E-state index contributed by atoms with van der Waals surface area (Å²) in [7, 11) is -3.40. The molecule has 0 amide bonds. The number of alkyl halides is 1. The molecule has 0 aromatic carbocycles. The van der Waals surface area contributed by atoms with Crippen LogP contribution in [0.4, 0.5) is 0 Å². The second-order valence-corrected chi connectivity index (χ2v) is 5.81. The molecule has 94 valence electrons. The lowest BCUT2D eigenvalue weighted by Gasteiger charge is -2.28. The van der Waals surface area contributed by atoms with Crippen molar-refractivity contribution in [1.29, 1.82) is 0 Å². The summed E-state index contributed by atoms with van der Waals surface area (Å²) in [4.78, 5) is 0. The van der Waals surface area contributed by atoms with Gasteiger partial charge in [0.15, 0.2) is 0 Å². The quantitative estimate of drug-likeness (QED) is 0.580. The highest BCUT2D eigenvalue weighted by Gasteiger charge is 2.36. The zero-order chi connectivity index (χ0) is 11.4. The maximum Gasteiger partial charge on any atom is 0.475 e. The van der Waals surface area contributed by atoms with E-state index in [-0.39, 0.29) is 18.8 Å². The molecule has 0 aromatic rings. The second-order valence-electron chi connectivity index (χ2n) is 3.88. The van der Waals surface area contributed by atoms with Crippen LogP contribution in [0.25, 0.3) is 0 Å². The van der Waals surface area contributed by atoms with Crippen molar-refractivity contribution in [2.75, 3.05) is 25.7 Å². The van der Waals surface area contributed by atoms with E-state index in [0.717, 1.165) is 19.4 Å². The van der Waals surface area contributed by atoms with Gasteiger partial charge in [-0.05, 0) is 19.3 Å². The molecule has 3 atom stereocenters. The Morgan fingerprint density at radius 1 is 1.31 bits per heavy atom. The first-order valence-corrected chi connectivity index (χ1v) is 7.46. The molecule has 0 spiro atoms. The summed E-state index contributed by atoms with van der Waals surface area (Å²) in [6.45, 7) is 1.36. The van der Waals surface area contributed by atoms with Crippen LogP contribution in [0.3, 0.4) is 0 Å². The van der Waals surface area contributed by atoms with Gasteiger partial charge in [0.2, 0.25) is 0 Å². The fourth-order valence-electron chi connectivity index (χ4n) is 1.68. The number of phosphoric ester groups is 1. The standard InChI is InChI=1S/C9H16ClO5P/c10-6-8-3-5-13-16(11,15-8)14-7-9-2-1-4-12-9/h8-9H,1-7H2/t8-,9?,16+/m0/s1. The minimum absolute atomic E-state index is 0.00871. The molecule has 2 fully saturated rings. The van der Waals surface area contributed by atoms with Crippen molar-refractivity contribution in [2.24, 2.45) is 0 Å². The van der Waals surface area contributed by atoms with Crippen LogP contribution in [-0.2, 0) is 22.9 Å². The third-order valence-corrected chi connectivity index (χ3v) is 4.45. The van der Waals surface area contributed by atoms with Crippen LogP contribution in [0.1, 0.15) is 19.3 Å². The summed E-state index contributed by atoms with van der Waals surface area (Å²) in [5.41, 5.74) is 0. The third-order valence-electron chi connectivity index (χ3n) is 2.58. The van der Waals surface area contributed by atoms with Crippen molar-refractivity contribution in [3.8, 4) is 0 Å². The molecule has 5 nitrogen and oxygen atoms in total. The van der Waals surface area contributed by atoms with Crippen LogP contribution >= 0.6 is 19.4 Å². The van der Waals surface area contributed by atoms with E-state index in [2.05, 4.69) is 0 Å². The molecule has 0 aliphatic carbocycles. The van der Waals surface area contributed by atoms with Gasteiger partial charge in [0.25, 0.3) is 0 Å². The van der Waals surface area contributed by atoms with Crippen molar-refractivity contribution in [3.63, 3.8) is 0 Å². The molecular weight excluding hydrogens is 255 g/mol. The highest BCUT2D eigenvalue weighted by Crippen LogP contribution is 2.53. The molecule has 0 aromatic heterocycles. The topological polar surface area (TPSA) is 54.0 Å². The minimum Gasteiger partial charge on any atom is -0.376 e. The van der Waals surface area contributed by atoms with E-state index >= 15 is 0 Å². The Balaban J connectivity index is 1.79. The maximum atomic E-state index is 12.0. The molecule has 1 unspecified atom stereocenters. The molecule has 16 heavy (non-hydrogen) atoms. The minimum atomic E-state index is -3.40. The highest BCUT2D eigenvalue weighted by molar-refractivity contribution is 7.48. The van der Waals surface area contributed by atoms with E-state index in [1.54, 1.807) is 0 Å². The number of phosphoric acid groups is 1. The molecular formula is C9H16ClO5P. The van der Waals surface area contributed by atoms with Crippen molar-refractivity contribution >= 4 is 19.4 Å². The van der Waals surface area contributed by atoms with E-state index in [4.69, 9.17) is 29.9 Å². The first-order chi connectivity index (χ1) is 7.72. The van der Waals surface area contributed by atoms with Crippen molar-refractivity contribution in [1.82, 2.24) is 0 Å². The number of rotatable bonds is 4. The lowest BCUT2D eigenvalue weighted by atomic mass is 10.2. The SMILES string of the molecule is O=[P@]1(OCC2CCCO2)OCC[C@@H](CCl)O1. The van der Waals surface area contributed by atoms with Gasteiger partial charge < -0.3 is 4.74 Å². The van der Waals surface area contributed by atoms with Gasteiger partial charge in [-0.25, -0.2) is 4.57 Å². The third kappa shape index (κ3) is 3.42. The Morgan fingerprint density at radius 3 is 2.88 bits per heavy atom. The molecule has 2 aliphatic rings. The van der Waals surface area contributed by atoms with E-state index < -0.39 is 7.82 Å². The first-order valence-electron chi connectivity index (χ1n) is 5.47. The lowest BCUT2D eigenvalue weighted by molar-refractivity contribution is 0.00887. The number of hydrogen-bond acceptors (Lipinski definition) is 5. The largest absolute Gasteiger partial charge is 0.475 e. The second kappa shape index (κ2) is 5.80. The Hall–Kier alpha value is 0.360.